The molecule has 30 heavy (non-hydrogen) atoms. The zero-order valence-electron chi connectivity index (χ0n) is 16.3. The largest absolute Gasteiger partial charge is 0.493 e. The monoisotopic (exact) mass is 416 g/mol. The second kappa shape index (κ2) is 8.87. The smallest absolute Gasteiger partial charge is 0.272 e. The lowest BCUT2D eigenvalue weighted by atomic mass is 9.86. The number of nitrogens with zero attached hydrogens (tertiary/aromatic N) is 2. The number of fused-ring (bicyclic) bond motifs is 2. The molecule has 0 unspecified atom stereocenters. The fraction of sp³-hybridized carbons (Fsp3) is 0.409. The van der Waals surface area contributed by atoms with Crippen LogP contribution in [0.15, 0.2) is 41.5 Å². The van der Waals surface area contributed by atoms with E-state index in [1.807, 2.05) is 24.3 Å². The van der Waals surface area contributed by atoms with E-state index >= 15 is 0 Å². The maximum atomic E-state index is 12.8. The minimum Gasteiger partial charge on any atom is -0.493 e. The van der Waals surface area contributed by atoms with Gasteiger partial charge in [0.2, 0.25) is 5.90 Å². The predicted molar refractivity (Wildman–Crippen MR) is 105 cm³/mol. The molecule has 0 saturated heterocycles. The molecule has 1 aromatic heterocycles. The normalized spacial score (nSPS) is 20.1. The van der Waals surface area contributed by atoms with Gasteiger partial charge >= 0.3 is 0 Å². The molecule has 4 rings (SSSR count). The van der Waals surface area contributed by atoms with Gasteiger partial charge in [-0.2, -0.15) is 0 Å². The number of benzene rings is 1. The topological polar surface area (TPSA) is 81.0 Å². The summed E-state index contributed by atoms with van der Waals surface area (Å²) in [6.45, 7) is 0.00228. The van der Waals surface area contributed by atoms with Gasteiger partial charge < -0.3 is 14.6 Å². The zero-order valence-corrected chi connectivity index (χ0v) is 16.3. The number of pyridine rings is 1. The van der Waals surface area contributed by atoms with Crippen molar-refractivity contribution in [2.45, 2.75) is 44.3 Å². The van der Waals surface area contributed by atoms with E-state index in [2.05, 4.69) is 9.98 Å². The molecule has 0 amide bonds. The standard InChI is InChI=1S/C22H22F2N2O4/c23-21(24)12-30-22-18-11-25-14(7-13(18)10-26-22)8-15(27)9-17-16-3-1-2-4-20(16)29-6-5-19(17)28/h1-4,7,11,17,19,21,28H,5-6,8-10,12H2/t17-,19+/m0/s1. The molecule has 2 aromatic rings. The Morgan fingerprint density at radius 2 is 2.17 bits per heavy atom. The minimum atomic E-state index is -2.57. The lowest BCUT2D eigenvalue weighted by Crippen LogP contribution is -2.22. The van der Waals surface area contributed by atoms with Crippen LogP contribution in [0.5, 0.6) is 5.75 Å². The fourth-order valence-electron chi connectivity index (χ4n) is 3.86. The maximum Gasteiger partial charge on any atom is 0.272 e. The number of halogens is 2. The van der Waals surface area contributed by atoms with Gasteiger partial charge in [-0.3, -0.25) is 9.78 Å². The Morgan fingerprint density at radius 1 is 1.33 bits per heavy atom. The summed E-state index contributed by atoms with van der Waals surface area (Å²) in [7, 11) is 0. The quantitative estimate of drug-likeness (QED) is 0.783. The highest BCUT2D eigenvalue weighted by Gasteiger charge is 2.29. The van der Waals surface area contributed by atoms with Crippen molar-refractivity contribution in [1.29, 1.82) is 0 Å². The molecule has 2 atom stereocenters. The third-order valence-electron chi connectivity index (χ3n) is 5.30. The number of Topliss-reactive ketones (excluding diaryl/α,β-unsaturated/α-hetero) is 1. The molecule has 0 bridgehead atoms. The Kier molecular flexibility index (Phi) is 6.03. The van der Waals surface area contributed by atoms with E-state index in [-0.39, 0.29) is 30.4 Å². The molecular weight excluding hydrogens is 394 g/mol. The molecule has 2 aliphatic rings. The summed E-state index contributed by atoms with van der Waals surface area (Å²) in [5.41, 5.74) is 2.80. The SMILES string of the molecule is O=C(Cc1cc2c(cn1)C(OCC(F)F)=NC2)C[C@H]1c2ccccc2OCC[C@H]1O. The van der Waals surface area contributed by atoms with Crippen molar-refractivity contribution in [1.82, 2.24) is 4.98 Å². The van der Waals surface area contributed by atoms with Crippen molar-refractivity contribution in [2.24, 2.45) is 4.99 Å². The zero-order chi connectivity index (χ0) is 21.1. The van der Waals surface area contributed by atoms with Gasteiger partial charge in [-0.1, -0.05) is 18.2 Å². The Balaban J connectivity index is 1.43. The van der Waals surface area contributed by atoms with E-state index in [0.29, 0.717) is 36.6 Å². The van der Waals surface area contributed by atoms with Crippen molar-refractivity contribution < 1.29 is 28.2 Å². The number of aliphatic hydroxyl groups excluding tert-OH is 1. The van der Waals surface area contributed by atoms with E-state index in [1.165, 1.54) is 6.20 Å². The van der Waals surface area contributed by atoms with Gasteiger partial charge in [0.1, 0.15) is 11.5 Å². The molecule has 6 nitrogen and oxygen atoms in total. The summed E-state index contributed by atoms with van der Waals surface area (Å²) in [5.74, 6) is 0.490. The van der Waals surface area contributed by atoms with Gasteiger partial charge in [0, 0.05) is 42.6 Å². The number of aliphatic imine (C=N–C) groups is 1. The van der Waals surface area contributed by atoms with Crippen LogP contribution < -0.4 is 4.74 Å². The van der Waals surface area contributed by atoms with Crippen LogP contribution in [-0.2, 0) is 22.5 Å². The molecule has 1 aromatic carbocycles. The third-order valence-corrected chi connectivity index (χ3v) is 5.30. The fourth-order valence-corrected chi connectivity index (χ4v) is 3.86. The van der Waals surface area contributed by atoms with Crippen molar-refractivity contribution in [2.75, 3.05) is 13.2 Å². The molecule has 8 heteroatoms. The Labute approximate surface area is 172 Å². The maximum absolute atomic E-state index is 12.8. The molecule has 0 aliphatic carbocycles. The van der Waals surface area contributed by atoms with Crippen LogP contribution in [-0.4, -0.2) is 47.5 Å². The van der Waals surface area contributed by atoms with Gasteiger partial charge in [-0.15, -0.1) is 0 Å². The van der Waals surface area contributed by atoms with E-state index in [9.17, 15) is 18.7 Å². The van der Waals surface area contributed by atoms with Crippen LogP contribution in [0.4, 0.5) is 8.78 Å². The number of carbonyl (C=O) groups excluding carboxylic acids is 1. The van der Waals surface area contributed by atoms with Gasteiger partial charge in [0.25, 0.3) is 6.43 Å². The van der Waals surface area contributed by atoms with Gasteiger partial charge in [-0.05, 0) is 17.7 Å². The minimum absolute atomic E-state index is 0.0451. The summed E-state index contributed by atoms with van der Waals surface area (Å²) < 4.78 is 35.4. The van der Waals surface area contributed by atoms with Crippen molar-refractivity contribution in [3.8, 4) is 5.75 Å². The molecule has 1 N–H and O–H groups in total. The lowest BCUT2D eigenvalue weighted by molar-refractivity contribution is -0.119. The van der Waals surface area contributed by atoms with Crippen LogP contribution in [0.3, 0.4) is 0 Å². The molecular formula is C22H22F2N2O4. The molecule has 0 fully saturated rings. The van der Waals surface area contributed by atoms with Crippen molar-refractivity contribution in [3.63, 3.8) is 0 Å². The number of alkyl halides is 2. The van der Waals surface area contributed by atoms with Crippen LogP contribution >= 0.6 is 0 Å². The molecule has 158 valence electrons. The average Bonchev–Trinajstić information content (AvgIpc) is 3.05. The summed E-state index contributed by atoms with van der Waals surface area (Å²) in [5, 5.41) is 10.5. The highest BCUT2D eigenvalue weighted by molar-refractivity contribution is 5.97. The van der Waals surface area contributed by atoms with Crippen LogP contribution in [0.1, 0.15) is 41.1 Å². The average molecular weight is 416 g/mol. The predicted octanol–water partition coefficient (Wildman–Crippen LogP) is 3.05. The number of rotatable bonds is 6. The summed E-state index contributed by atoms with van der Waals surface area (Å²) in [6, 6.07) is 9.23. The first-order chi connectivity index (χ1) is 14.5. The first-order valence-electron chi connectivity index (χ1n) is 9.86. The van der Waals surface area contributed by atoms with E-state index < -0.39 is 19.1 Å². The van der Waals surface area contributed by atoms with E-state index in [0.717, 1.165) is 11.1 Å². The Morgan fingerprint density at radius 3 is 3.00 bits per heavy atom. The summed E-state index contributed by atoms with van der Waals surface area (Å²) >= 11 is 0. The molecule has 0 saturated carbocycles. The summed E-state index contributed by atoms with van der Waals surface area (Å²) in [6.07, 6.45) is -0.960. The first kappa shape index (κ1) is 20.4. The number of para-hydroxylation sites is 1. The highest BCUT2D eigenvalue weighted by atomic mass is 19.3. The number of ketones is 1. The summed E-state index contributed by atoms with van der Waals surface area (Å²) in [4.78, 5) is 21.2. The number of hydrogen-bond donors (Lipinski definition) is 1. The van der Waals surface area contributed by atoms with Crippen LogP contribution in [0, 0.1) is 0 Å². The number of aromatic nitrogens is 1. The first-order valence-corrected chi connectivity index (χ1v) is 9.86. The van der Waals surface area contributed by atoms with Crippen molar-refractivity contribution >= 4 is 11.7 Å². The van der Waals surface area contributed by atoms with E-state index in [4.69, 9.17) is 9.47 Å². The number of hydrogen-bond acceptors (Lipinski definition) is 6. The third kappa shape index (κ3) is 4.48. The number of aliphatic hydroxyl groups is 1. The van der Waals surface area contributed by atoms with Gasteiger partial charge in [-0.25, -0.2) is 13.8 Å². The number of carbonyl (C=O) groups is 1. The lowest BCUT2D eigenvalue weighted by Gasteiger charge is -2.20. The second-order valence-corrected chi connectivity index (χ2v) is 7.42. The van der Waals surface area contributed by atoms with Crippen LogP contribution in [0.2, 0.25) is 0 Å². The molecule has 0 radical (unpaired) electrons. The van der Waals surface area contributed by atoms with E-state index in [1.54, 1.807) is 6.07 Å². The van der Waals surface area contributed by atoms with Gasteiger partial charge in [0.05, 0.1) is 24.8 Å². The van der Waals surface area contributed by atoms with Crippen molar-refractivity contribution in [3.05, 3.63) is 58.9 Å². The van der Waals surface area contributed by atoms with Gasteiger partial charge in [0.15, 0.2) is 6.61 Å². The highest BCUT2D eigenvalue weighted by Crippen LogP contribution is 2.35. The number of ether oxygens (including phenoxy) is 2. The Hall–Kier alpha value is -2.87. The molecule has 2 aliphatic heterocycles. The second-order valence-electron chi connectivity index (χ2n) is 7.42. The molecule has 3 heterocycles. The molecule has 0 spiro atoms. The Bertz CT molecular complexity index is 964. The van der Waals surface area contributed by atoms with Crippen LogP contribution in [0.25, 0.3) is 0 Å².